The Hall–Kier alpha value is -1.24. The third kappa shape index (κ3) is 2.86. The zero-order valence-electron chi connectivity index (χ0n) is 9.61. The van der Waals surface area contributed by atoms with E-state index in [0.29, 0.717) is 20.1 Å². The summed E-state index contributed by atoms with van der Waals surface area (Å²) in [4.78, 5) is 26.7. The van der Waals surface area contributed by atoms with Crippen LogP contribution in [0.5, 0.6) is 0 Å². The summed E-state index contributed by atoms with van der Waals surface area (Å²) in [5.41, 5.74) is 0.485. The number of carbonyl (C=O) groups excluding carboxylic acids is 1. The van der Waals surface area contributed by atoms with Crippen molar-refractivity contribution in [1.82, 2.24) is 4.98 Å². The maximum Gasteiger partial charge on any atom is 0.356 e. The molecular formula is C12H7BrClNO3S. The summed E-state index contributed by atoms with van der Waals surface area (Å²) in [5, 5.41) is 10.1. The molecule has 0 amide bonds. The lowest BCUT2D eigenvalue weighted by Gasteiger charge is -2.00. The number of benzene rings is 1. The second-order valence-electron chi connectivity index (χ2n) is 3.68. The van der Waals surface area contributed by atoms with Gasteiger partial charge in [-0.15, -0.1) is 11.3 Å². The lowest BCUT2D eigenvalue weighted by atomic mass is 10.2. The van der Waals surface area contributed by atoms with Crippen molar-refractivity contribution in [3.63, 3.8) is 0 Å². The van der Waals surface area contributed by atoms with Crippen LogP contribution in [0, 0.1) is 0 Å². The number of carbonyl (C=O) groups is 2. The average Bonchev–Trinajstić information content (AvgIpc) is 2.73. The molecule has 0 aliphatic rings. The van der Waals surface area contributed by atoms with Crippen molar-refractivity contribution < 1.29 is 14.7 Å². The summed E-state index contributed by atoms with van der Waals surface area (Å²) >= 11 is 10.2. The van der Waals surface area contributed by atoms with Crippen LogP contribution in [0.4, 0.5) is 0 Å². The van der Waals surface area contributed by atoms with Crippen molar-refractivity contribution in [3.05, 3.63) is 38.3 Å². The Balaban J connectivity index is 2.60. The summed E-state index contributed by atoms with van der Waals surface area (Å²) in [7, 11) is 0. The van der Waals surface area contributed by atoms with E-state index in [4.69, 9.17) is 16.7 Å². The Labute approximate surface area is 126 Å². The highest BCUT2D eigenvalue weighted by molar-refractivity contribution is 9.10. The third-order valence-corrected chi connectivity index (χ3v) is 4.39. The van der Waals surface area contributed by atoms with Gasteiger partial charge in [0.25, 0.3) is 0 Å². The number of nitrogens with zero attached hydrogens (tertiary/aromatic N) is 1. The summed E-state index contributed by atoms with van der Waals surface area (Å²) in [6.45, 7) is 1.32. The fourth-order valence-corrected chi connectivity index (χ4v) is 3.48. The quantitative estimate of drug-likeness (QED) is 0.836. The highest BCUT2D eigenvalue weighted by atomic mass is 79.9. The normalized spacial score (nSPS) is 10.5. The van der Waals surface area contributed by atoms with E-state index in [9.17, 15) is 9.59 Å². The van der Waals surface area contributed by atoms with E-state index in [1.807, 2.05) is 0 Å². The van der Waals surface area contributed by atoms with E-state index in [-0.39, 0.29) is 16.4 Å². The number of halogens is 2. The molecule has 0 bridgehead atoms. The van der Waals surface area contributed by atoms with E-state index in [1.54, 1.807) is 18.2 Å². The van der Waals surface area contributed by atoms with Gasteiger partial charge in [-0.1, -0.05) is 27.5 Å². The number of carboxylic acid groups (broad SMARTS) is 1. The third-order valence-electron chi connectivity index (χ3n) is 2.31. The number of aromatic carboxylic acids is 1. The largest absolute Gasteiger partial charge is 0.476 e. The van der Waals surface area contributed by atoms with Crippen LogP contribution in [-0.4, -0.2) is 21.8 Å². The van der Waals surface area contributed by atoms with Crippen LogP contribution in [0.2, 0.25) is 5.02 Å². The summed E-state index contributed by atoms with van der Waals surface area (Å²) in [6.07, 6.45) is 0. The predicted octanol–water partition coefficient (Wildman–Crippen LogP) is 4.13. The van der Waals surface area contributed by atoms with E-state index in [1.165, 1.54) is 6.92 Å². The Morgan fingerprint density at radius 2 is 2.11 bits per heavy atom. The number of carboxylic acids is 1. The minimum atomic E-state index is -1.21. The van der Waals surface area contributed by atoms with E-state index in [2.05, 4.69) is 20.9 Å². The Morgan fingerprint density at radius 1 is 1.42 bits per heavy atom. The van der Waals surface area contributed by atoms with Crippen LogP contribution in [0.1, 0.15) is 27.1 Å². The molecule has 0 atom stereocenters. The smallest absolute Gasteiger partial charge is 0.356 e. The maximum absolute atomic E-state index is 11.4. The molecule has 1 heterocycles. The van der Waals surface area contributed by atoms with Gasteiger partial charge in [-0.3, -0.25) is 4.79 Å². The zero-order valence-corrected chi connectivity index (χ0v) is 12.8. The molecule has 0 unspecified atom stereocenters. The van der Waals surface area contributed by atoms with Crippen LogP contribution in [0.3, 0.4) is 0 Å². The number of aromatic nitrogens is 1. The number of hydrogen-bond donors (Lipinski definition) is 1. The molecule has 1 aromatic heterocycles. The van der Waals surface area contributed by atoms with Gasteiger partial charge in [0.2, 0.25) is 0 Å². The molecular weight excluding hydrogens is 354 g/mol. The Morgan fingerprint density at radius 3 is 2.58 bits per heavy atom. The number of thiazole rings is 1. The first-order valence-electron chi connectivity index (χ1n) is 5.10. The van der Waals surface area contributed by atoms with Gasteiger partial charge >= 0.3 is 5.97 Å². The number of rotatable bonds is 3. The van der Waals surface area contributed by atoms with Crippen molar-refractivity contribution in [3.8, 4) is 10.6 Å². The van der Waals surface area contributed by atoms with Crippen molar-refractivity contribution in [1.29, 1.82) is 0 Å². The topological polar surface area (TPSA) is 67.3 Å². The molecule has 0 radical (unpaired) electrons. The second-order valence-corrected chi connectivity index (χ2v) is 5.97. The number of Topliss-reactive ketones (excluding diaryl/α,β-unsaturated/α-hetero) is 1. The van der Waals surface area contributed by atoms with Gasteiger partial charge in [0.05, 0.1) is 0 Å². The number of ketones is 1. The fourth-order valence-electron chi connectivity index (χ4n) is 1.48. The highest BCUT2D eigenvalue weighted by Gasteiger charge is 2.22. The predicted molar refractivity (Wildman–Crippen MR) is 77.2 cm³/mol. The van der Waals surface area contributed by atoms with Crippen molar-refractivity contribution in [2.75, 3.05) is 0 Å². The highest BCUT2D eigenvalue weighted by Crippen LogP contribution is 2.34. The summed E-state index contributed by atoms with van der Waals surface area (Å²) < 4.78 is 0.695. The van der Waals surface area contributed by atoms with Gasteiger partial charge in [-0.2, -0.15) is 0 Å². The molecule has 98 valence electrons. The van der Waals surface area contributed by atoms with Crippen molar-refractivity contribution in [2.45, 2.75) is 6.92 Å². The van der Waals surface area contributed by atoms with E-state index in [0.717, 1.165) is 11.3 Å². The lowest BCUT2D eigenvalue weighted by Crippen LogP contribution is -2.03. The van der Waals surface area contributed by atoms with Gasteiger partial charge in [-0.05, 0) is 18.2 Å². The van der Waals surface area contributed by atoms with Gasteiger partial charge in [-0.25, -0.2) is 9.78 Å². The SMILES string of the molecule is CC(=O)c1sc(-c2ccc(Cl)cc2Br)nc1C(=O)O. The molecule has 0 saturated heterocycles. The molecule has 7 heteroatoms. The lowest BCUT2D eigenvalue weighted by molar-refractivity contribution is 0.0687. The molecule has 2 rings (SSSR count). The molecule has 0 saturated carbocycles. The van der Waals surface area contributed by atoms with Crippen LogP contribution in [0.15, 0.2) is 22.7 Å². The monoisotopic (exact) mass is 359 g/mol. The minimum Gasteiger partial charge on any atom is -0.476 e. The van der Waals surface area contributed by atoms with E-state index < -0.39 is 5.97 Å². The average molecular weight is 361 g/mol. The molecule has 0 aliphatic carbocycles. The van der Waals surface area contributed by atoms with Gasteiger partial charge in [0.15, 0.2) is 11.5 Å². The van der Waals surface area contributed by atoms with Gasteiger partial charge < -0.3 is 5.11 Å². The molecule has 4 nitrogen and oxygen atoms in total. The first-order valence-corrected chi connectivity index (χ1v) is 7.09. The van der Waals surface area contributed by atoms with E-state index >= 15 is 0 Å². The van der Waals surface area contributed by atoms with Crippen LogP contribution in [-0.2, 0) is 0 Å². The van der Waals surface area contributed by atoms with Crippen LogP contribution in [0.25, 0.3) is 10.6 Å². The Bertz CT molecular complexity index is 652. The molecule has 0 aliphatic heterocycles. The Kier molecular flexibility index (Phi) is 4.03. The molecule has 19 heavy (non-hydrogen) atoms. The molecule has 1 aromatic carbocycles. The van der Waals surface area contributed by atoms with Crippen molar-refractivity contribution >= 4 is 50.6 Å². The summed E-state index contributed by atoms with van der Waals surface area (Å²) in [5.74, 6) is -1.52. The zero-order chi connectivity index (χ0) is 14.2. The van der Waals surface area contributed by atoms with Gasteiger partial charge in [0, 0.05) is 22.0 Å². The molecule has 1 N–H and O–H groups in total. The first kappa shape index (κ1) is 14.2. The van der Waals surface area contributed by atoms with Crippen LogP contribution < -0.4 is 0 Å². The molecule has 0 spiro atoms. The fraction of sp³-hybridized carbons (Fsp3) is 0.0833. The van der Waals surface area contributed by atoms with Crippen molar-refractivity contribution in [2.24, 2.45) is 0 Å². The molecule has 0 fully saturated rings. The van der Waals surface area contributed by atoms with Gasteiger partial charge in [0.1, 0.15) is 9.88 Å². The minimum absolute atomic E-state index is 0.143. The second kappa shape index (κ2) is 5.40. The number of hydrogen-bond acceptors (Lipinski definition) is 4. The molecule has 2 aromatic rings. The standard InChI is InChI=1S/C12H7BrClNO3S/c1-5(16)10-9(12(17)18)15-11(19-10)7-3-2-6(14)4-8(7)13/h2-4H,1H3,(H,17,18). The maximum atomic E-state index is 11.4. The van der Waals surface area contributed by atoms with Crippen LogP contribution >= 0.6 is 38.9 Å². The first-order chi connectivity index (χ1) is 8.90. The summed E-state index contributed by atoms with van der Waals surface area (Å²) in [6, 6.07) is 5.09.